The summed E-state index contributed by atoms with van der Waals surface area (Å²) >= 11 is 0. The van der Waals surface area contributed by atoms with E-state index >= 15 is 0 Å². The van der Waals surface area contributed by atoms with E-state index in [4.69, 9.17) is 9.47 Å². The van der Waals surface area contributed by atoms with E-state index in [1.807, 2.05) is 24.3 Å². The fourth-order valence-electron chi connectivity index (χ4n) is 3.15. The summed E-state index contributed by atoms with van der Waals surface area (Å²) in [5, 5.41) is 0. The lowest BCUT2D eigenvalue weighted by Gasteiger charge is -2.09. The molecule has 1 aliphatic carbocycles. The molecule has 0 heterocycles. The van der Waals surface area contributed by atoms with Crippen molar-refractivity contribution >= 4 is 11.1 Å². The molecule has 2 nitrogen and oxygen atoms in total. The van der Waals surface area contributed by atoms with Crippen LogP contribution >= 0.6 is 0 Å². The van der Waals surface area contributed by atoms with Crippen molar-refractivity contribution in [3.63, 3.8) is 0 Å². The largest absolute Gasteiger partial charge is 0.497 e. The van der Waals surface area contributed by atoms with Gasteiger partial charge in [-0.2, -0.15) is 0 Å². The smallest absolute Gasteiger partial charge is 0.119 e. The van der Waals surface area contributed by atoms with E-state index in [0.717, 1.165) is 17.9 Å². The molecule has 0 N–H and O–H groups in total. The van der Waals surface area contributed by atoms with Gasteiger partial charge in [-0.25, -0.2) is 0 Å². The predicted molar refractivity (Wildman–Crippen MR) is 95.8 cm³/mol. The summed E-state index contributed by atoms with van der Waals surface area (Å²) in [7, 11) is 3.42. The van der Waals surface area contributed by atoms with Crippen LogP contribution in [0.2, 0.25) is 0 Å². The molecule has 118 valence electrons. The Morgan fingerprint density at radius 1 is 0.696 bits per heavy atom. The van der Waals surface area contributed by atoms with E-state index in [1.165, 1.54) is 33.4 Å². The Labute approximate surface area is 138 Å². The van der Waals surface area contributed by atoms with Crippen molar-refractivity contribution in [2.75, 3.05) is 14.2 Å². The van der Waals surface area contributed by atoms with Gasteiger partial charge in [0.05, 0.1) is 14.2 Å². The molecule has 0 aliphatic heterocycles. The van der Waals surface area contributed by atoms with Gasteiger partial charge in [-0.1, -0.05) is 24.3 Å². The van der Waals surface area contributed by atoms with Crippen molar-refractivity contribution in [3.8, 4) is 11.5 Å². The number of methoxy groups -OCH3 is 2. The van der Waals surface area contributed by atoms with Crippen LogP contribution in [0.1, 0.15) is 31.4 Å². The second-order valence-corrected chi connectivity index (χ2v) is 5.85. The van der Waals surface area contributed by atoms with Gasteiger partial charge in [0.15, 0.2) is 0 Å². The molecule has 23 heavy (non-hydrogen) atoms. The summed E-state index contributed by atoms with van der Waals surface area (Å²) in [6, 6.07) is 16.6. The maximum atomic E-state index is 5.37. The molecule has 0 saturated heterocycles. The third kappa shape index (κ3) is 2.89. The van der Waals surface area contributed by atoms with Crippen LogP contribution in [0.25, 0.3) is 11.1 Å². The van der Waals surface area contributed by atoms with Crippen LogP contribution in [-0.4, -0.2) is 14.2 Å². The number of hydrogen-bond acceptors (Lipinski definition) is 2. The van der Waals surface area contributed by atoms with Crippen molar-refractivity contribution in [2.45, 2.75) is 20.3 Å². The van der Waals surface area contributed by atoms with Crippen LogP contribution in [0.3, 0.4) is 0 Å². The molecule has 0 saturated carbocycles. The first-order chi connectivity index (χ1) is 11.1. The van der Waals surface area contributed by atoms with Gasteiger partial charge in [0, 0.05) is 0 Å². The predicted octanol–water partition coefficient (Wildman–Crippen LogP) is 5.35. The van der Waals surface area contributed by atoms with E-state index in [-0.39, 0.29) is 0 Å². The van der Waals surface area contributed by atoms with Crippen molar-refractivity contribution in [3.05, 3.63) is 70.8 Å². The van der Waals surface area contributed by atoms with Crippen LogP contribution in [0.5, 0.6) is 11.5 Å². The minimum absolute atomic E-state index is 0.898. The highest BCUT2D eigenvalue weighted by atomic mass is 16.5. The quantitative estimate of drug-likeness (QED) is 0.757. The maximum absolute atomic E-state index is 5.37. The molecule has 0 aromatic heterocycles. The van der Waals surface area contributed by atoms with E-state index < -0.39 is 0 Å². The lowest BCUT2D eigenvalue weighted by Crippen LogP contribution is -1.89. The monoisotopic (exact) mass is 306 g/mol. The Morgan fingerprint density at radius 3 is 1.52 bits per heavy atom. The second-order valence-electron chi connectivity index (χ2n) is 5.85. The first-order valence-corrected chi connectivity index (χ1v) is 7.82. The molecule has 1 aliphatic rings. The van der Waals surface area contributed by atoms with Crippen molar-refractivity contribution in [1.29, 1.82) is 0 Å². The molecule has 0 amide bonds. The second kappa shape index (κ2) is 6.33. The van der Waals surface area contributed by atoms with Gasteiger partial charge >= 0.3 is 0 Å². The fraction of sp³-hybridized carbons (Fsp3) is 0.238. The summed E-state index contributed by atoms with van der Waals surface area (Å²) in [6.45, 7) is 4.41. The van der Waals surface area contributed by atoms with Gasteiger partial charge in [-0.3, -0.25) is 0 Å². The van der Waals surface area contributed by atoms with E-state index in [2.05, 4.69) is 38.1 Å². The topological polar surface area (TPSA) is 18.5 Å². The number of hydrogen-bond donors (Lipinski definition) is 0. The lowest BCUT2D eigenvalue weighted by atomic mass is 9.97. The summed E-state index contributed by atoms with van der Waals surface area (Å²) < 4.78 is 10.7. The number of allylic oxidation sites excluding steroid dienone is 4. The minimum atomic E-state index is 0.898. The molecular weight excluding hydrogens is 284 g/mol. The highest BCUT2D eigenvalue weighted by molar-refractivity contribution is 5.92. The molecule has 0 spiro atoms. The van der Waals surface area contributed by atoms with Crippen molar-refractivity contribution in [1.82, 2.24) is 0 Å². The standard InChI is InChI=1S/C21H22O2/c1-14-15(2)21(17-8-6-10-19(12-17)23-4)13-20(14)16-7-5-9-18(11-16)22-3/h5-12H,13H2,1-4H3. The highest BCUT2D eigenvalue weighted by Crippen LogP contribution is 2.43. The third-order valence-corrected chi connectivity index (χ3v) is 4.66. The zero-order valence-corrected chi connectivity index (χ0v) is 14.1. The Hall–Kier alpha value is -2.48. The van der Waals surface area contributed by atoms with Gasteiger partial charge in [-0.05, 0) is 78.0 Å². The van der Waals surface area contributed by atoms with Gasteiger partial charge in [0.2, 0.25) is 0 Å². The molecule has 2 aromatic carbocycles. The van der Waals surface area contributed by atoms with E-state index in [0.29, 0.717) is 0 Å². The number of ether oxygens (including phenoxy) is 2. The van der Waals surface area contributed by atoms with Gasteiger partial charge < -0.3 is 9.47 Å². The first kappa shape index (κ1) is 15.4. The van der Waals surface area contributed by atoms with Crippen LogP contribution in [-0.2, 0) is 0 Å². The summed E-state index contributed by atoms with van der Waals surface area (Å²) in [5.41, 5.74) is 7.93. The molecule has 2 aromatic rings. The first-order valence-electron chi connectivity index (χ1n) is 7.82. The normalized spacial score (nSPS) is 14.4. The fourth-order valence-corrected chi connectivity index (χ4v) is 3.15. The number of benzene rings is 2. The molecule has 0 atom stereocenters. The number of rotatable bonds is 4. The molecule has 0 radical (unpaired) electrons. The summed E-state index contributed by atoms with van der Waals surface area (Å²) in [4.78, 5) is 0. The molecule has 3 rings (SSSR count). The van der Waals surface area contributed by atoms with E-state index in [9.17, 15) is 0 Å². The Morgan fingerprint density at radius 2 is 1.13 bits per heavy atom. The average molecular weight is 306 g/mol. The van der Waals surface area contributed by atoms with E-state index in [1.54, 1.807) is 14.2 Å². The molecule has 0 fully saturated rings. The van der Waals surface area contributed by atoms with Gasteiger partial charge in [-0.15, -0.1) is 0 Å². The SMILES string of the molecule is COc1cccc(C2=C(C)C(C)=C(c3cccc(OC)c3)C2)c1. The van der Waals surface area contributed by atoms with Gasteiger partial charge in [0.1, 0.15) is 11.5 Å². The Bertz CT molecular complexity index is 729. The average Bonchev–Trinajstić information content (AvgIpc) is 2.90. The van der Waals surface area contributed by atoms with Crippen LogP contribution < -0.4 is 9.47 Å². The highest BCUT2D eigenvalue weighted by Gasteiger charge is 2.21. The lowest BCUT2D eigenvalue weighted by molar-refractivity contribution is 0.414. The Balaban J connectivity index is 1.96. The van der Waals surface area contributed by atoms with Crippen molar-refractivity contribution < 1.29 is 9.47 Å². The molecule has 2 heteroatoms. The molecule has 0 bridgehead atoms. The zero-order valence-electron chi connectivity index (χ0n) is 14.1. The van der Waals surface area contributed by atoms with Crippen LogP contribution in [0.15, 0.2) is 59.7 Å². The Kier molecular flexibility index (Phi) is 4.24. The zero-order chi connectivity index (χ0) is 16.4. The van der Waals surface area contributed by atoms with Crippen molar-refractivity contribution in [2.24, 2.45) is 0 Å². The molecule has 0 unspecified atom stereocenters. The third-order valence-electron chi connectivity index (χ3n) is 4.66. The minimum Gasteiger partial charge on any atom is -0.497 e. The molecular formula is C21H22O2. The summed E-state index contributed by atoms with van der Waals surface area (Å²) in [5.74, 6) is 1.80. The maximum Gasteiger partial charge on any atom is 0.119 e. The van der Waals surface area contributed by atoms with Crippen LogP contribution in [0, 0.1) is 0 Å². The van der Waals surface area contributed by atoms with Crippen LogP contribution in [0.4, 0.5) is 0 Å². The van der Waals surface area contributed by atoms with Gasteiger partial charge in [0.25, 0.3) is 0 Å². The summed E-state index contributed by atoms with van der Waals surface area (Å²) in [6.07, 6.45) is 0.942.